The second kappa shape index (κ2) is 5.69. The Morgan fingerprint density at radius 1 is 1.56 bits per heavy atom. The number of hydrogen-bond acceptors (Lipinski definition) is 0. The van der Waals surface area contributed by atoms with Crippen molar-refractivity contribution in [3.8, 4) is 11.8 Å². The van der Waals surface area contributed by atoms with Crippen LogP contribution in [-0.4, -0.2) is 0 Å². The summed E-state index contributed by atoms with van der Waals surface area (Å²) in [5.74, 6) is 6.66. The van der Waals surface area contributed by atoms with E-state index in [0.717, 1.165) is 19.3 Å². The minimum Gasteiger partial charge on any atom is -0.106 e. The predicted molar refractivity (Wildman–Crippen MR) is 41.8 cm³/mol. The Balaban J connectivity index is 3.50. The molecule has 1 atom stereocenters. The van der Waals surface area contributed by atoms with Crippen molar-refractivity contribution in [3.63, 3.8) is 0 Å². The Morgan fingerprint density at radius 2 is 2.22 bits per heavy atom. The normalized spacial score (nSPS) is 11.9. The monoisotopic (exact) mass is 123 g/mol. The van der Waals surface area contributed by atoms with Crippen LogP contribution in [0.4, 0.5) is 0 Å². The number of hydrogen-bond donors (Lipinski definition) is 0. The van der Waals surface area contributed by atoms with Crippen LogP contribution in [0, 0.1) is 24.7 Å². The van der Waals surface area contributed by atoms with E-state index in [2.05, 4.69) is 25.7 Å². The zero-order valence-electron chi connectivity index (χ0n) is 6.41. The smallest absolute Gasteiger partial charge is 0.0200 e. The highest BCUT2D eigenvalue weighted by Gasteiger charge is 1.97. The molecule has 0 saturated carbocycles. The van der Waals surface area contributed by atoms with Gasteiger partial charge in [-0.15, -0.1) is 11.8 Å². The molecule has 0 amide bonds. The van der Waals surface area contributed by atoms with E-state index in [0.29, 0.717) is 5.92 Å². The summed E-state index contributed by atoms with van der Waals surface area (Å²) in [7, 11) is 0. The van der Waals surface area contributed by atoms with Gasteiger partial charge in [0.15, 0.2) is 0 Å². The van der Waals surface area contributed by atoms with E-state index >= 15 is 0 Å². The van der Waals surface area contributed by atoms with Gasteiger partial charge in [-0.25, -0.2) is 0 Å². The Hall–Kier alpha value is -0.440. The molecular formula is C9H15. The first-order valence-corrected chi connectivity index (χ1v) is 3.56. The third kappa shape index (κ3) is 4.09. The van der Waals surface area contributed by atoms with Crippen molar-refractivity contribution in [1.82, 2.24) is 0 Å². The molecular weight excluding hydrogens is 108 g/mol. The zero-order valence-corrected chi connectivity index (χ0v) is 6.41. The highest BCUT2D eigenvalue weighted by Crippen LogP contribution is 2.07. The van der Waals surface area contributed by atoms with E-state index in [9.17, 15) is 0 Å². The minimum absolute atomic E-state index is 0.590. The van der Waals surface area contributed by atoms with Crippen LogP contribution < -0.4 is 0 Å². The van der Waals surface area contributed by atoms with Crippen LogP contribution in [-0.2, 0) is 0 Å². The molecule has 0 nitrogen and oxygen atoms in total. The molecule has 0 aromatic rings. The second-order valence-electron chi connectivity index (χ2n) is 2.14. The molecule has 0 saturated heterocycles. The molecule has 0 N–H and O–H groups in total. The van der Waals surface area contributed by atoms with Gasteiger partial charge in [-0.3, -0.25) is 0 Å². The van der Waals surface area contributed by atoms with Gasteiger partial charge in [0.25, 0.3) is 0 Å². The maximum atomic E-state index is 3.79. The largest absolute Gasteiger partial charge is 0.106 e. The van der Waals surface area contributed by atoms with Gasteiger partial charge in [-0.2, -0.15) is 0 Å². The number of rotatable bonds is 3. The molecule has 9 heavy (non-hydrogen) atoms. The Labute approximate surface area is 58.7 Å². The predicted octanol–water partition coefficient (Wildman–Crippen LogP) is 2.65. The molecule has 0 rings (SSSR count). The highest BCUT2D eigenvalue weighted by atomic mass is 14.0. The fourth-order valence-electron chi connectivity index (χ4n) is 0.829. The van der Waals surface area contributed by atoms with Crippen LogP contribution in [0.5, 0.6) is 0 Å². The van der Waals surface area contributed by atoms with Gasteiger partial charge in [0.2, 0.25) is 0 Å². The summed E-state index contributed by atoms with van der Waals surface area (Å²) in [5.41, 5.74) is 0. The summed E-state index contributed by atoms with van der Waals surface area (Å²) in [6, 6.07) is 0. The van der Waals surface area contributed by atoms with E-state index in [1.165, 1.54) is 0 Å². The highest BCUT2D eigenvalue weighted by molar-refractivity contribution is 5.00. The average Bonchev–Trinajstić information content (AvgIpc) is 1.88. The topological polar surface area (TPSA) is 0 Å². The third-order valence-corrected chi connectivity index (χ3v) is 1.39. The molecule has 0 aliphatic heterocycles. The van der Waals surface area contributed by atoms with Crippen LogP contribution in [0.25, 0.3) is 0 Å². The van der Waals surface area contributed by atoms with Crippen LogP contribution >= 0.6 is 0 Å². The molecule has 0 aromatic heterocycles. The van der Waals surface area contributed by atoms with Crippen molar-refractivity contribution < 1.29 is 0 Å². The summed E-state index contributed by atoms with van der Waals surface area (Å²) in [6.07, 6.45) is 3.32. The summed E-state index contributed by atoms with van der Waals surface area (Å²) in [6.45, 7) is 7.85. The van der Waals surface area contributed by atoms with Gasteiger partial charge in [0, 0.05) is 5.92 Å². The maximum absolute atomic E-state index is 3.79. The molecule has 0 spiro atoms. The van der Waals surface area contributed by atoms with Gasteiger partial charge in [0.05, 0.1) is 0 Å². The lowest BCUT2D eigenvalue weighted by atomic mass is 10.0. The molecule has 1 unspecified atom stereocenters. The first-order valence-electron chi connectivity index (χ1n) is 3.56. The lowest BCUT2D eigenvalue weighted by molar-refractivity contribution is 0.597. The second-order valence-corrected chi connectivity index (χ2v) is 2.14. The first-order chi connectivity index (χ1) is 4.35. The van der Waals surface area contributed by atoms with E-state index in [1.807, 2.05) is 6.92 Å². The Kier molecular flexibility index (Phi) is 5.41. The first kappa shape index (κ1) is 8.56. The molecule has 0 heterocycles. The molecule has 0 fully saturated rings. The van der Waals surface area contributed by atoms with Crippen molar-refractivity contribution in [3.05, 3.63) is 6.92 Å². The average molecular weight is 123 g/mol. The molecule has 1 radical (unpaired) electrons. The zero-order chi connectivity index (χ0) is 7.11. The van der Waals surface area contributed by atoms with Crippen molar-refractivity contribution in [2.75, 3.05) is 0 Å². The fraction of sp³-hybridized carbons (Fsp3) is 0.667. The summed E-state index contributed by atoms with van der Waals surface area (Å²) in [4.78, 5) is 0. The van der Waals surface area contributed by atoms with Crippen molar-refractivity contribution >= 4 is 0 Å². The summed E-state index contributed by atoms with van der Waals surface area (Å²) >= 11 is 0. The van der Waals surface area contributed by atoms with Crippen LogP contribution in [0.2, 0.25) is 0 Å². The molecule has 0 aliphatic carbocycles. The lowest BCUT2D eigenvalue weighted by Gasteiger charge is -2.02. The lowest BCUT2D eigenvalue weighted by Crippen LogP contribution is -1.92. The van der Waals surface area contributed by atoms with E-state index in [1.54, 1.807) is 0 Å². The van der Waals surface area contributed by atoms with E-state index in [-0.39, 0.29) is 0 Å². The molecule has 0 bridgehead atoms. The molecule has 51 valence electrons. The van der Waals surface area contributed by atoms with Crippen molar-refractivity contribution in [2.45, 2.75) is 33.1 Å². The van der Waals surface area contributed by atoms with Crippen LogP contribution in [0.3, 0.4) is 0 Å². The third-order valence-electron chi connectivity index (χ3n) is 1.39. The quantitative estimate of drug-likeness (QED) is 0.506. The maximum Gasteiger partial charge on any atom is 0.0200 e. The minimum atomic E-state index is 0.590. The SMILES string of the molecule is [CH2]CCC(C#CC)CC. The van der Waals surface area contributed by atoms with Gasteiger partial charge < -0.3 is 0 Å². The molecule has 0 aromatic carbocycles. The Morgan fingerprint density at radius 3 is 2.56 bits per heavy atom. The van der Waals surface area contributed by atoms with Gasteiger partial charge in [-0.1, -0.05) is 20.3 Å². The van der Waals surface area contributed by atoms with Crippen LogP contribution in [0.1, 0.15) is 33.1 Å². The van der Waals surface area contributed by atoms with Crippen LogP contribution in [0.15, 0.2) is 0 Å². The van der Waals surface area contributed by atoms with Gasteiger partial charge >= 0.3 is 0 Å². The summed E-state index contributed by atoms with van der Waals surface area (Å²) in [5, 5.41) is 0. The Bertz CT molecular complexity index is 103. The molecule has 0 aliphatic rings. The van der Waals surface area contributed by atoms with Gasteiger partial charge in [-0.05, 0) is 19.8 Å². The van der Waals surface area contributed by atoms with Crippen molar-refractivity contribution in [2.24, 2.45) is 5.92 Å². The van der Waals surface area contributed by atoms with E-state index in [4.69, 9.17) is 0 Å². The molecule has 0 heteroatoms. The summed E-state index contributed by atoms with van der Waals surface area (Å²) < 4.78 is 0. The fourth-order valence-corrected chi connectivity index (χ4v) is 0.829. The van der Waals surface area contributed by atoms with Gasteiger partial charge in [0.1, 0.15) is 0 Å². The van der Waals surface area contributed by atoms with Crippen molar-refractivity contribution in [1.29, 1.82) is 0 Å². The standard InChI is InChI=1S/C9H15/c1-4-7-9(6-3)8-5-2/h9H,1,4,6-7H2,2-3H3. The van der Waals surface area contributed by atoms with E-state index < -0.39 is 0 Å².